The van der Waals surface area contributed by atoms with Gasteiger partial charge in [0.2, 0.25) is 5.95 Å². The van der Waals surface area contributed by atoms with E-state index in [1.807, 2.05) is 6.07 Å². The minimum absolute atomic E-state index is 0.133. The van der Waals surface area contributed by atoms with Crippen molar-refractivity contribution in [3.63, 3.8) is 0 Å². The molecule has 1 fully saturated rings. The van der Waals surface area contributed by atoms with Crippen molar-refractivity contribution < 1.29 is 18.7 Å². The fraction of sp³-hybridized carbons (Fsp3) is 0.308. The van der Waals surface area contributed by atoms with Crippen LogP contribution in [0, 0.1) is 5.82 Å². The molecule has 1 atom stereocenters. The Bertz CT molecular complexity index is 1390. The predicted molar refractivity (Wildman–Crippen MR) is 132 cm³/mol. The molecule has 1 aliphatic rings. The summed E-state index contributed by atoms with van der Waals surface area (Å²) in [4.78, 5) is 22.4. The Morgan fingerprint density at radius 2 is 2.03 bits per heavy atom. The molecule has 0 spiro atoms. The molecule has 9 nitrogen and oxygen atoms in total. The monoisotopic (exact) mass is 490 g/mol. The first-order chi connectivity index (χ1) is 17.5. The van der Waals surface area contributed by atoms with Crippen molar-refractivity contribution in [1.29, 1.82) is 0 Å². The van der Waals surface area contributed by atoms with Gasteiger partial charge in [-0.1, -0.05) is 12.1 Å². The quantitative estimate of drug-likeness (QED) is 0.408. The number of nitrogens with one attached hydrogen (secondary N) is 2. The van der Waals surface area contributed by atoms with Gasteiger partial charge < -0.3 is 20.1 Å². The van der Waals surface area contributed by atoms with Crippen LogP contribution in [0.3, 0.4) is 0 Å². The highest BCUT2D eigenvalue weighted by Crippen LogP contribution is 2.27. The summed E-state index contributed by atoms with van der Waals surface area (Å²) in [7, 11) is 3.18. The predicted octanol–water partition coefficient (Wildman–Crippen LogP) is 3.62. The number of hydrogen-bond donors (Lipinski definition) is 2. The molecule has 36 heavy (non-hydrogen) atoms. The summed E-state index contributed by atoms with van der Waals surface area (Å²) >= 11 is 0. The molecule has 186 valence electrons. The number of aryl methyl sites for hydroxylation is 1. The summed E-state index contributed by atoms with van der Waals surface area (Å²) in [5, 5.41) is 11.4. The fourth-order valence-corrected chi connectivity index (χ4v) is 4.33. The van der Waals surface area contributed by atoms with Gasteiger partial charge in [-0.05, 0) is 48.7 Å². The van der Waals surface area contributed by atoms with Gasteiger partial charge in [-0.15, -0.1) is 0 Å². The highest BCUT2D eigenvalue weighted by Gasteiger charge is 2.22. The molecule has 2 N–H and O–H groups in total. The number of nitrogens with zero attached hydrogens (tertiary/aromatic N) is 4. The number of rotatable bonds is 7. The van der Waals surface area contributed by atoms with Crippen molar-refractivity contribution in [2.75, 3.05) is 25.6 Å². The van der Waals surface area contributed by atoms with Crippen molar-refractivity contribution in [2.24, 2.45) is 7.05 Å². The van der Waals surface area contributed by atoms with E-state index in [2.05, 4.69) is 25.7 Å². The number of amides is 1. The molecule has 1 aliphatic heterocycles. The smallest absolute Gasteiger partial charge is 0.252 e. The first kappa shape index (κ1) is 23.7. The molecule has 0 saturated carbocycles. The number of carbonyl (C=O) groups is 1. The lowest BCUT2D eigenvalue weighted by atomic mass is 10.0. The highest BCUT2D eigenvalue weighted by molar-refractivity contribution is 5.98. The third kappa shape index (κ3) is 4.99. The van der Waals surface area contributed by atoms with Crippen LogP contribution in [-0.4, -0.2) is 52.0 Å². The second-order valence-corrected chi connectivity index (χ2v) is 8.68. The molecule has 5 rings (SSSR count). The van der Waals surface area contributed by atoms with E-state index < -0.39 is 11.9 Å². The largest absolute Gasteiger partial charge is 0.494 e. The Morgan fingerprint density at radius 1 is 1.19 bits per heavy atom. The van der Waals surface area contributed by atoms with Gasteiger partial charge in [0.15, 0.2) is 11.6 Å². The molecule has 3 heterocycles. The average molecular weight is 491 g/mol. The molecule has 2 aromatic heterocycles. The van der Waals surface area contributed by atoms with Crippen LogP contribution < -0.4 is 15.4 Å². The topological polar surface area (TPSA) is 103 Å². The summed E-state index contributed by atoms with van der Waals surface area (Å²) in [5.41, 5.74) is 2.36. The van der Waals surface area contributed by atoms with Gasteiger partial charge in [-0.2, -0.15) is 5.10 Å². The SMILES string of the molecule is COc1ccc(C(NC(=O)c2ccc3cnc(NC4CCOCC4)nc3c2)c2ccnn2C)cc1F. The van der Waals surface area contributed by atoms with Crippen LogP contribution in [0.5, 0.6) is 5.75 Å². The van der Waals surface area contributed by atoms with Gasteiger partial charge in [-0.3, -0.25) is 9.48 Å². The molecular formula is C26H27FN6O3. The van der Waals surface area contributed by atoms with E-state index in [0.29, 0.717) is 41.5 Å². The number of hydrogen-bond acceptors (Lipinski definition) is 7. The number of aromatic nitrogens is 4. The third-order valence-electron chi connectivity index (χ3n) is 6.34. The van der Waals surface area contributed by atoms with E-state index in [-0.39, 0.29) is 17.7 Å². The van der Waals surface area contributed by atoms with E-state index in [4.69, 9.17) is 9.47 Å². The lowest BCUT2D eigenvalue weighted by Crippen LogP contribution is -2.31. The van der Waals surface area contributed by atoms with Crippen LogP contribution >= 0.6 is 0 Å². The lowest BCUT2D eigenvalue weighted by Gasteiger charge is -2.23. The fourth-order valence-electron chi connectivity index (χ4n) is 4.33. The number of methoxy groups -OCH3 is 1. The third-order valence-corrected chi connectivity index (χ3v) is 6.34. The molecule has 0 radical (unpaired) electrons. The highest BCUT2D eigenvalue weighted by atomic mass is 19.1. The van der Waals surface area contributed by atoms with Crippen LogP contribution in [0.4, 0.5) is 10.3 Å². The zero-order chi connectivity index (χ0) is 25.1. The Hall–Kier alpha value is -4.05. The van der Waals surface area contributed by atoms with E-state index in [1.165, 1.54) is 13.2 Å². The molecular weight excluding hydrogens is 463 g/mol. The molecule has 1 saturated heterocycles. The first-order valence-corrected chi connectivity index (χ1v) is 11.7. The molecule has 2 aromatic carbocycles. The lowest BCUT2D eigenvalue weighted by molar-refractivity contribution is 0.0903. The van der Waals surface area contributed by atoms with E-state index in [1.54, 1.807) is 54.5 Å². The second kappa shape index (κ2) is 10.3. The van der Waals surface area contributed by atoms with Crippen LogP contribution in [0.15, 0.2) is 54.9 Å². The minimum atomic E-state index is -0.628. The number of benzene rings is 2. The number of ether oxygens (including phenoxy) is 2. The van der Waals surface area contributed by atoms with Gasteiger partial charge in [0.1, 0.15) is 0 Å². The van der Waals surface area contributed by atoms with Crippen LogP contribution in [0.1, 0.15) is 40.5 Å². The summed E-state index contributed by atoms with van der Waals surface area (Å²) < 4.78 is 26.6. The molecule has 4 aromatic rings. The molecule has 0 aliphatic carbocycles. The summed E-state index contributed by atoms with van der Waals surface area (Å²) in [6.07, 6.45) is 5.16. The standard InChI is InChI=1S/C26H27FN6O3/c1-33-22(7-10-29-33)24(16-5-6-23(35-2)20(27)13-16)32-25(34)17-3-4-18-15-28-26(31-21(18)14-17)30-19-8-11-36-12-9-19/h3-7,10,13-15,19,24H,8-9,11-12H2,1-2H3,(H,32,34)(H,28,30,31). The van der Waals surface area contributed by atoms with E-state index >= 15 is 0 Å². The summed E-state index contributed by atoms with van der Waals surface area (Å²) in [6.45, 7) is 1.43. The molecule has 1 unspecified atom stereocenters. The Labute approximate surface area is 207 Å². The van der Waals surface area contributed by atoms with Crippen molar-refractivity contribution in [3.8, 4) is 5.75 Å². The van der Waals surface area contributed by atoms with Crippen molar-refractivity contribution >= 4 is 22.8 Å². The van der Waals surface area contributed by atoms with Gasteiger partial charge in [0, 0.05) is 49.6 Å². The number of anilines is 1. The minimum Gasteiger partial charge on any atom is -0.494 e. The Morgan fingerprint density at radius 3 is 2.75 bits per heavy atom. The van der Waals surface area contributed by atoms with Gasteiger partial charge in [0.25, 0.3) is 5.91 Å². The summed E-state index contributed by atoms with van der Waals surface area (Å²) in [6, 6.07) is 11.3. The van der Waals surface area contributed by atoms with Gasteiger partial charge in [-0.25, -0.2) is 14.4 Å². The normalized spacial score (nSPS) is 15.0. The van der Waals surface area contributed by atoms with Crippen LogP contribution in [-0.2, 0) is 11.8 Å². The maximum absolute atomic E-state index is 14.5. The van der Waals surface area contributed by atoms with Crippen molar-refractivity contribution in [1.82, 2.24) is 25.1 Å². The molecule has 1 amide bonds. The number of carbonyl (C=O) groups excluding carboxylic acids is 1. The summed E-state index contributed by atoms with van der Waals surface area (Å²) in [5.74, 6) is -0.179. The maximum atomic E-state index is 14.5. The molecule has 10 heteroatoms. The van der Waals surface area contributed by atoms with Gasteiger partial charge >= 0.3 is 0 Å². The van der Waals surface area contributed by atoms with Crippen LogP contribution in [0.25, 0.3) is 10.9 Å². The average Bonchev–Trinajstić information content (AvgIpc) is 3.32. The maximum Gasteiger partial charge on any atom is 0.252 e. The Balaban J connectivity index is 1.42. The molecule has 0 bridgehead atoms. The number of fused-ring (bicyclic) bond motifs is 1. The van der Waals surface area contributed by atoms with E-state index in [0.717, 1.165) is 18.2 Å². The van der Waals surface area contributed by atoms with Crippen molar-refractivity contribution in [3.05, 3.63) is 77.5 Å². The van der Waals surface area contributed by atoms with Crippen LogP contribution in [0.2, 0.25) is 0 Å². The number of halogens is 1. The Kier molecular flexibility index (Phi) is 6.77. The zero-order valence-corrected chi connectivity index (χ0v) is 20.1. The second-order valence-electron chi connectivity index (χ2n) is 8.68. The van der Waals surface area contributed by atoms with E-state index in [9.17, 15) is 9.18 Å². The van der Waals surface area contributed by atoms with Gasteiger partial charge in [0.05, 0.1) is 24.4 Å². The zero-order valence-electron chi connectivity index (χ0n) is 20.1. The van der Waals surface area contributed by atoms with Crippen molar-refractivity contribution in [2.45, 2.75) is 24.9 Å². The first-order valence-electron chi connectivity index (χ1n) is 11.7.